The lowest BCUT2D eigenvalue weighted by atomic mass is 10.1. The number of ether oxygens (including phenoxy) is 1. The summed E-state index contributed by atoms with van der Waals surface area (Å²) in [4.78, 5) is 0. The molecule has 3 N–H and O–H groups in total. The highest BCUT2D eigenvalue weighted by molar-refractivity contribution is 7.88. The topological polar surface area (TPSA) is 87.7 Å². The number of aliphatic hydroxyl groups excluding tert-OH is 1. The second kappa shape index (κ2) is 9.11. The van der Waals surface area contributed by atoms with Crippen LogP contribution in [0.5, 0.6) is 0 Å². The smallest absolute Gasteiger partial charge is 0.208 e. The molecule has 0 bridgehead atoms. The summed E-state index contributed by atoms with van der Waals surface area (Å²) >= 11 is 0. The minimum absolute atomic E-state index is 0.0762. The monoisotopic (exact) mass is 316 g/mol. The molecule has 1 aromatic rings. The molecule has 0 amide bonds. The molecule has 0 fully saturated rings. The molecule has 1 aromatic carbocycles. The van der Waals surface area contributed by atoms with E-state index < -0.39 is 16.1 Å². The molecule has 0 spiro atoms. The van der Waals surface area contributed by atoms with Crippen LogP contribution in [0.4, 0.5) is 0 Å². The Morgan fingerprint density at radius 2 is 1.90 bits per heavy atom. The minimum Gasteiger partial charge on any atom is -0.389 e. The average Bonchev–Trinajstić information content (AvgIpc) is 2.44. The number of rotatable bonds is 10. The number of aliphatic hydroxyl groups is 1. The Balaban J connectivity index is 2.12. The first-order chi connectivity index (χ1) is 9.88. The molecule has 21 heavy (non-hydrogen) atoms. The van der Waals surface area contributed by atoms with Gasteiger partial charge in [0.15, 0.2) is 0 Å². The summed E-state index contributed by atoms with van der Waals surface area (Å²) in [6.45, 7) is 3.27. The standard InChI is InChI=1S/C14H24N2O4S/c1-12(13-6-4-3-5-7-13)20-11-14(17)10-15-8-9-16-21(2,18)19/h3-7,12,14-17H,8-11H2,1-2H3. The molecule has 0 aliphatic rings. The SMILES string of the molecule is CC(OCC(O)CNCCNS(C)(=O)=O)c1ccccc1. The fourth-order valence-corrected chi connectivity index (χ4v) is 2.20. The molecular weight excluding hydrogens is 292 g/mol. The lowest BCUT2D eigenvalue weighted by molar-refractivity contribution is -0.00189. The van der Waals surface area contributed by atoms with Crippen LogP contribution in [0.2, 0.25) is 0 Å². The van der Waals surface area contributed by atoms with Gasteiger partial charge in [-0.05, 0) is 12.5 Å². The van der Waals surface area contributed by atoms with E-state index in [0.717, 1.165) is 11.8 Å². The van der Waals surface area contributed by atoms with Gasteiger partial charge in [0.1, 0.15) is 0 Å². The van der Waals surface area contributed by atoms with Crippen LogP contribution < -0.4 is 10.0 Å². The van der Waals surface area contributed by atoms with Crippen LogP contribution in [-0.2, 0) is 14.8 Å². The van der Waals surface area contributed by atoms with Gasteiger partial charge in [0.2, 0.25) is 10.0 Å². The molecule has 0 aliphatic carbocycles. The zero-order chi connectivity index (χ0) is 15.7. The zero-order valence-electron chi connectivity index (χ0n) is 12.5. The normalized spacial score (nSPS) is 14.8. The molecule has 0 radical (unpaired) electrons. The van der Waals surface area contributed by atoms with Crippen LogP contribution in [0.1, 0.15) is 18.6 Å². The molecular formula is C14H24N2O4S. The first-order valence-electron chi connectivity index (χ1n) is 6.88. The van der Waals surface area contributed by atoms with Gasteiger partial charge in [-0.2, -0.15) is 0 Å². The molecule has 2 atom stereocenters. The molecule has 6 nitrogen and oxygen atoms in total. The minimum atomic E-state index is -3.15. The quantitative estimate of drug-likeness (QED) is 0.539. The Kier molecular flexibility index (Phi) is 7.84. The third-order valence-electron chi connectivity index (χ3n) is 2.85. The van der Waals surface area contributed by atoms with Gasteiger partial charge >= 0.3 is 0 Å². The Morgan fingerprint density at radius 1 is 1.24 bits per heavy atom. The fraction of sp³-hybridized carbons (Fsp3) is 0.571. The van der Waals surface area contributed by atoms with Crippen molar-refractivity contribution < 1.29 is 18.3 Å². The van der Waals surface area contributed by atoms with Gasteiger partial charge in [-0.25, -0.2) is 13.1 Å². The van der Waals surface area contributed by atoms with Crippen LogP contribution in [0.25, 0.3) is 0 Å². The maximum absolute atomic E-state index is 10.8. The zero-order valence-corrected chi connectivity index (χ0v) is 13.3. The Bertz CT molecular complexity index is 493. The van der Waals surface area contributed by atoms with Crippen molar-refractivity contribution in [1.82, 2.24) is 10.0 Å². The van der Waals surface area contributed by atoms with Crippen LogP contribution in [0.15, 0.2) is 30.3 Å². The first kappa shape index (κ1) is 18.1. The van der Waals surface area contributed by atoms with Crippen LogP contribution in [-0.4, -0.2) is 52.1 Å². The number of nitrogens with one attached hydrogen (secondary N) is 2. The van der Waals surface area contributed by atoms with Crippen molar-refractivity contribution in [1.29, 1.82) is 0 Å². The van der Waals surface area contributed by atoms with E-state index in [-0.39, 0.29) is 12.7 Å². The maximum atomic E-state index is 10.8. The predicted molar refractivity (Wildman–Crippen MR) is 82.5 cm³/mol. The highest BCUT2D eigenvalue weighted by Gasteiger charge is 2.09. The number of hydrogen-bond acceptors (Lipinski definition) is 5. The third kappa shape index (κ3) is 8.79. The van der Waals surface area contributed by atoms with Gasteiger partial charge in [-0.15, -0.1) is 0 Å². The van der Waals surface area contributed by atoms with Gasteiger partial charge in [0.25, 0.3) is 0 Å². The lowest BCUT2D eigenvalue weighted by Gasteiger charge is -2.17. The lowest BCUT2D eigenvalue weighted by Crippen LogP contribution is -2.36. The molecule has 0 saturated carbocycles. The van der Waals surface area contributed by atoms with Crippen molar-refractivity contribution in [2.45, 2.75) is 19.1 Å². The second-order valence-corrected chi connectivity index (χ2v) is 6.74. The number of hydrogen-bond donors (Lipinski definition) is 3. The second-order valence-electron chi connectivity index (χ2n) is 4.91. The summed E-state index contributed by atoms with van der Waals surface area (Å²) in [6.07, 6.45) is 0.405. The molecule has 0 aliphatic heterocycles. The first-order valence-corrected chi connectivity index (χ1v) is 8.77. The van der Waals surface area contributed by atoms with Crippen molar-refractivity contribution >= 4 is 10.0 Å². The van der Waals surface area contributed by atoms with Gasteiger partial charge in [0, 0.05) is 19.6 Å². The maximum Gasteiger partial charge on any atom is 0.208 e. The van der Waals surface area contributed by atoms with Crippen molar-refractivity contribution in [2.24, 2.45) is 0 Å². The van der Waals surface area contributed by atoms with Gasteiger partial charge in [-0.1, -0.05) is 30.3 Å². The molecule has 0 heterocycles. The average molecular weight is 316 g/mol. The Hall–Kier alpha value is -0.990. The van der Waals surface area contributed by atoms with E-state index in [1.807, 2.05) is 37.3 Å². The molecule has 7 heteroatoms. The van der Waals surface area contributed by atoms with E-state index in [2.05, 4.69) is 10.0 Å². The van der Waals surface area contributed by atoms with Gasteiger partial charge in [-0.3, -0.25) is 0 Å². The van der Waals surface area contributed by atoms with E-state index >= 15 is 0 Å². The van der Waals surface area contributed by atoms with Gasteiger partial charge in [0.05, 0.1) is 25.1 Å². The number of sulfonamides is 1. The summed E-state index contributed by atoms with van der Waals surface area (Å²) in [7, 11) is -3.15. The van der Waals surface area contributed by atoms with E-state index in [1.165, 1.54) is 0 Å². The number of benzene rings is 1. The highest BCUT2D eigenvalue weighted by atomic mass is 32.2. The molecule has 120 valence electrons. The van der Waals surface area contributed by atoms with Crippen LogP contribution in [0.3, 0.4) is 0 Å². The largest absolute Gasteiger partial charge is 0.389 e. The Labute approximate surface area is 126 Å². The highest BCUT2D eigenvalue weighted by Crippen LogP contribution is 2.15. The summed E-state index contributed by atoms with van der Waals surface area (Å²) in [5.74, 6) is 0. The summed E-state index contributed by atoms with van der Waals surface area (Å²) in [5, 5.41) is 12.7. The molecule has 0 saturated heterocycles. The molecule has 0 aromatic heterocycles. The molecule has 2 unspecified atom stereocenters. The van der Waals surface area contributed by atoms with Crippen molar-refractivity contribution in [3.05, 3.63) is 35.9 Å². The summed E-state index contributed by atoms with van der Waals surface area (Å²) < 4.78 is 29.6. The summed E-state index contributed by atoms with van der Waals surface area (Å²) in [6, 6.07) is 9.79. The van der Waals surface area contributed by atoms with Crippen molar-refractivity contribution in [3.63, 3.8) is 0 Å². The fourth-order valence-electron chi connectivity index (χ4n) is 1.73. The van der Waals surface area contributed by atoms with E-state index in [4.69, 9.17) is 4.74 Å². The van der Waals surface area contributed by atoms with E-state index in [1.54, 1.807) is 0 Å². The summed E-state index contributed by atoms with van der Waals surface area (Å²) in [5.41, 5.74) is 1.06. The van der Waals surface area contributed by atoms with E-state index in [9.17, 15) is 13.5 Å². The van der Waals surface area contributed by atoms with Gasteiger partial charge < -0.3 is 15.2 Å². The van der Waals surface area contributed by atoms with E-state index in [0.29, 0.717) is 19.6 Å². The van der Waals surface area contributed by atoms with Crippen LogP contribution in [0, 0.1) is 0 Å². The van der Waals surface area contributed by atoms with Crippen molar-refractivity contribution in [2.75, 3.05) is 32.5 Å². The third-order valence-corrected chi connectivity index (χ3v) is 3.58. The molecule has 1 rings (SSSR count). The predicted octanol–water partition coefficient (Wildman–Crippen LogP) is 0.264. The van der Waals surface area contributed by atoms with Crippen molar-refractivity contribution in [3.8, 4) is 0 Å². The van der Waals surface area contributed by atoms with Crippen LogP contribution >= 0.6 is 0 Å². The Morgan fingerprint density at radius 3 is 2.52 bits per heavy atom.